The largest absolute Gasteiger partial charge is 0.484 e. The van der Waals surface area contributed by atoms with Crippen molar-refractivity contribution in [1.82, 2.24) is 15.6 Å². The Bertz CT molecular complexity index is 621. The van der Waals surface area contributed by atoms with E-state index in [1.165, 1.54) is 0 Å². The zero-order valence-corrected chi connectivity index (χ0v) is 11.7. The molecule has 1 aromatic heterocycles. The van der Waals surface area contributed by atoms with E-state index in [1.807, 2.05) is 38.1 Å². The summed E-state index contributed by atoms with van der Waals surface area (Å²) in [5.74, 6) is 5.54. The maximum Gasteiger partial charge on any atom is 0.269 e. The molecule has 0 spiro atoms. The predicted octanol–water partition coefficient (Wildman–Crippen LogP) is 1.77. The first-order chi connectivity index (χ1) is 9.52. The van der Waals surface area contributed by atoms with E-state index >= 15 is 0 Å². The van der Waals surface area contributed by atoms with Gasteiger partial charge in [0.05, 0.1) is 5.56 Å². The SMILES string of the molecule is Cc1cccc(OC(C)c2n[nH]c(C)c2C(=O)NN)c1. The van der Waals surface area contributed by atoms with E-state index in [4.69, 9.17) is 10.6 Å². The minimum absolute atomic E-state index is 0.367. The number of hydrogen-bond acceptors (Lipinski definition) is 4. The summed E-state index contributed by atoms with van der Waals surface area (Å²) in [6.07, 6.45) is -0.367. The normalized spacial score (nSPS) is 12.0. The molecule has 106 valence electrons. The van der Waals surface area contributed by atoms with Crippen LogP contribution in [0.3, 0.4) is 0 Å². The molecule has 1 atom stereocenters. The van der Waals surface area contributed by atoms with E-state index < -0.39 is 0 Å². The number of aryl methyl sites for hydroxylation is 2. The maximum absolute atomic E-state index is 11.8. The van der Waals surface area contributed by atoms with Gasteiger partial charge in [0.2, 0.25) is 0 Å². The molecule has 2 rings (SSSR count). The molecule has 20 heavy (non-hydrogen) atoms. The van der Waals surface area contributed by atoms with Crippen molar-refractivity contribution < 1.29 is 9.53 Å². The highest BCUT2D eigenvalue weighted by Crippen LogP contribution is 2.24. The van der Waals surface area contributed by atoms with Crippen LogP contribution in [0.4, 0.5) is 0 Å². The lowest BCUT2D eigenvalue weighted by atomic mass is 10.1. The number of benzene rings is 1. The maximum atomic E-state index is 11.8. The summed E-state index contributed by atoms with van der Waals surface area (Å²) in [5, 5.41) is 6.92. The van der Waals surface area contributed by atoms with Crippen molar-refractivity contribution in [1.29, 1.82) is 0 Å². The molecule has 1 aromatic carbocycles. The van der Waals surface area contributed by atoms with E-state index in [-0.39, 0.29) is 12.0 Å². The highest BCUT2D eigenvalue weighted by Gasteiger charge is 2.22. The standard InChI is InChI=1S/C14H18N4O2/c1-8-5-4-6-11(7-8)20-10(3)13-12(14(19)16-15)9(2)17-18-13/h4-7,10H,15H2,1-3H3,(H,16,19)(H,17,18). The quantitative estimate of drug-likeness (QED) is 0.450. The second-order valence-corrected chi connectivity index (χ2v) is 4.66. The van der Waals surface area contributed by atoms with Crippen LogP contribution in [0, 0.1) is 13.8 Å². The Morgan fingerprint density at radius 2 is 2.20 bits per heavy atom. The second kappa shape index (κ2) is 5.75. The van der Waals surface area contributed by atoms with Gasteiger partial charge in [-0.25, -0.2) is 5.84 Å². The van der Waals surface area contributed by atoms with Crippen LogP contribution in [0.5, 0.6) is 5.75 Å². The van der Waals surface area contributed by atoms with Crippen molar-refractivity contribution in [2.75, 3.05) is 0 Å². The summed E-state index contributed by atoms with van der Waals surface area (Å²) < 4.78 is 5.83. The van der Waals surface area contributed by atoms with E-state index in [2.05, 4.69) is 15.6 Å². The third-order valence-electron chi connectivity index (χ3n) is 3.02. The lowest BCUT2D eigenvalue weighted by Gasteiger charge is -2.14. The number of carbonyl (C=O) groups excluding carboxylic acids is 1. The number of nitrogens with two attached hydrogens (primary N) is 1. The van der Waals surface area contributed by atoms with Crippen molar-refractivity contribution in [3.05, 3.63) is 46.8 Å². The Balaban J connectivity index is 2.26. The lowest BCUT2D eigenvalue weighted by molar-refractivity contribution is 0.0948. The minimum Gasteiger partial charge on any atom is -0.484 e. The Labute approximate surface area is 117 Å². The number of aromatic nitrogens is 2. The number of hydrogen-bond donors (Lipinski definition) is 3. The number of aromatic amines is 1. The number of rotatable bonds is 4. The van der Waals surface area contributed by atoms with Gasteiger partial charge in [-0.1, -0.05) is 12.1 Å². The molecule has 0 saturated carbocycles. The Morgan fingerprint density at radius 3 is 2.85 bits per heavy atom. The molecular weight excluding hydrogens is 256 g/mol. The smallest absolute Gasteiger partial charge is 0.269 e. The molecule has 1 amide bonds. The van der Waals surface area contributed by atoms with Crippen LogP contribution in [0.1, 0.15) is 40.3 Å². The second-order valence-electron chi connectivity index (χ2n) is 4.66. The number of hydrazine groups is 1. The molecule has 0 bridgehead atoms. The van der Waals surface area contributed by atoms with Crippen LogP contribution >= 0.6 is 0 Å². The predicted molar refractivity (Wildman–Crippen MR) is 75.2 cm³/mol. The highest BCUT2D eigenvalue weighted by molar-refractivity contribution is 5.96. The summed E-state index contributed by atoms with van der Waals surface area (Å²) in [5.41, 5.74) is 4.84. The fraction of sp³-hybridized carbons (Fsp3) is 0.286. The van der Waals surface area contributed by atoms with Gasteiger partial charge >= 0.3 is 0 Å². The van der Waals surface area contributed by atoms with Gasteiger partial charge in [0.15, 0.2) is 0 Å². The van der Waals surface area contributed by atoms with Crippen LogP contribution in [0.2, 0.25) is 0 Å². The van der Waals surface area contributed by atoms with Crippen LogP contribution in [-0.2, 0) is 0 Å². The Morgan fingerprint density at radius 1 is 1.45 bits per heavy atom. The van der Waals surface area contributed by atoms with Gasteiger partial charge in [-0.05, 0) is 38.5 Å². The number of carbonyl (C=O) groups is 1. The number of nitrogens with zero attached hydrogens (tertiary/aromatic N) is 1. The van der Waals surface area contributed by atoms with E-state index in [9.17, 15) is 4.79 Å². The molecule has 0 aliphatic rings. The van der Waals surface area contributed by atoms with Gasteiger partial charge in [-0.3, -0.25) is 15.3 Å². The number of ether oxygens (including phenoxy) is 1. The minimum atomic E-state index is -0.383. The summed E-state index contributed by atoms with van der Waals surface area (Å²) in [7, 11) is 0. The fourth-order valence-electron chi connectivity index (χ4n) is 2.05. The van der Waals surface area contributed by atoms with Crippen LogP contribution in [0.15, 0.2) is 24.3 Å². The molecule has 4 N–H and O–H groups in total. The molecule has 0 aliphatic carbocycles. The van der Waals surface area contributed by atoms with E-state index in [1.54, 1.807) is 6.92 Å². The van der Waals surface area contributed by atoms with Crippen LogP contribution < -0.4 is 16.0 Å². The van der Waals surface area contributed by atoms with Crippen molar-refractivity contribution in [3.8, 4) is 5.75 Å². The van der Waals surface area contributed by atoms with Gasteiger partial charge in [0.1, 0.15) is 17.5 Å². The molecule has 0 saturated heterocycles. The molecule has 1 heterocycles. The first kappa shape index (κ1) is 14.1. The molecular formula is C14H18N4O2. The van der Waals surface area contributed by atoms with Gasteiger partial charge in [0, 0.05) is 5.69 Å². The number of H-pyrrole nitrogens is 1. The Hall–Kier alpha value is -2.34. The monoisotopic (exact) mass is 274 g/mol. The molecule has 6 nitrogen and oxygen atoms in total. The van der Waals surface area contributed by atoms with Crippen molar-refractivity contribution in [3.63, 3.8) is 0 Å². The van der Waals surface area contributed by atoms with Crippen LogP contribution in [0.25, 0.3) is 0 Å². The summed E-state index contributed by atoms with van der Waals surface area (Å²) in [6, 6.07) is 7.70. The molecule has 6 heteroatoms. The molecule has 0 radical (unpaired) electrons. The average Bonchev–Trinajstić information content (AvgIpc) is 2.80. The van der Waals surface area contributed by atoms with Crippen LogP contribution in [-0.4, -0.2) is 16.1 Å². The summed E-state index contributed by atoms with van der Waals surface area (Å²) in [4.78, 5) is 11.8. The van der Waals surface area contributed by atoms with Crippen molar-refractivity contribution >= 4 is 5.91 Å². The summed E-state index contributed by atoms with van der Waals surface area (Å²) >= 11 is 0. The van der Waals surface area contributed by atoms with E-state index in [0.717, 1.165) is 11.3 Å². The molecule has 0 fully saturated rings. The highest BCUT2D eigenvalue weighted by atomic mass is 16.5. The van der Waals surface area contributed by atoms with Gasteiger partial charge in [0.25, 0.3) is 5.91 Å². The van der Waals surface area contributed by atoms with Gasteiger partial charge < -0.3 is 4.74 Å². The first-order valence-electron chi connectivity index (χ1n) is 6.32. The lowest BCUT2D eigenvalue weighted by Crippen LogP contribution is -2.31. The molecule has 1 unspecified atom stereocenters. The van der Waals surface area contributed by atoms with Crippen molar-refractivity contribution in [2.45, 2.75) is 26.9 Å². The van der Waals surface area contributed by atoms with Crippen molar-refractivity contribution in [2.24, 2.45) is 5.84 Å². The zero-order valence-electron chi connectivity index (χ0n) is 11.7. The zero-order chi connectivity index (χ0) is 14.7. The molecule has 0 aliphatic heterocycles. The topological polar surface area (TPSA) is 93.0 Å². The summed E-state index contributed by atoms with van der Waals surface area (Å²) in [6.45, 7) is 5.59. The third-order valence-corrected chi connectivity index (χ3v) is 3.02. The Kier molecular flexibility index (Phi) is 4.05. The third kappa shape index (κ3) is 2.80. The van der Waals surface area contributed by atoms with Gasteiger partial charge in [-0.2, -0.15) is 5.10 Å². The average molecular weight is 274 g/mol. The van der Waals surface area contributed by atoms with E-state index in [0.29, 0.717) is 17.0 Å². The number of amides is 1. The number of nitrogen functional groups attached to an aromatic ring is 1. The first-order valence-corrected chi connectivity index (χ1v) is 6.32. The fourth-order valence-corrected chi connectivity index (χ4v) is 2.05. The number of nitrogens with one attached hydrogen (secondary N) is 2. The molecule has 2 aromatic rings. The van der Waals surface area contributed by atoms with Gasteiger partial charge in [-0.15, -0.1) is 0 Å².